The summed E-state index contributed by atoms with van der Waals surface area (Å²) in [6.07, 6.45) is 0. The van der Waals surface area contributed by atoms with Crippen molar-refractivity contribution in [3.05, 3.63) is 56.7 Å². The second kappa shape index (κ2) is 6.46. The molecular formula is C16H14Br2N2S. The highest BCUT2D eigenvalue weighted by molar-refractivity contribution is 9.10. The lowest BCUT2D eigenvalue weighted by Gasteiger charge is -2.20. The van der Waals surface area contributed by atoms with Crippen LogP contribution in [0.15, 0.2) is 46.3 Å². The topological polar surface area (TPSA) is 16.1 Å². The number of fused-ring (bicyclic) bond motifs is 1. The molecule has 0 N–H and O–H groups in total. The van der Waals surface area contributed by atoms with Crippen molar-refractivity contribution in [2.24, 2.45) is 0 Å². The van der Waals surface area contributed by atoms with E-state index in [4.69, 9.17) is 4.98 Å². The summed E-state index contributed by atoms with van der Waals surface area (Å²) in [5.74, 6) is 1.04. The van der Waals surface area contributed by atoms with E-state index in [0.29, 0.717) is 0 Å². The van der Waals surface area contributed by atoms with E-state index < -0.39 is 0 Å². The van der Waals surface area contributed by atoms with E-state index >= 15 is 0 Å². The minimum atomic E-state index is 0.804. The maximum Gasteiger partial charge on any atom is 0.133 e. The highest BCUT2D eigenvalue weighted by Gasteiger charge is 2.12. The number of anilines is 1. The standard InChI is InChI=1S/C16H14Br2N2S/c1-20(9-14-7-13(18)10-21-14)16-12(8-17)6-11-4-2-3-5-15(11)19-16/h2-7,10H,8-9H2,1H3. The molecule has 5 heteroatoms. The number of benzene rings is 1. The molecule has 3 aromatic rings. The Hall–Kier alpha value is -0.910. The van der Waals surface area contributed by atoms with Crippen LogP contribution in [0.4, 0.5) is 5.82 Å². The van der Waals surface area contributed by atoms with E-state index in [1.54, 1.807) is 11.3 Å². The van der Waals surface area contributed by atoms with Gasteiger partial charge in [0.25, 0.3) is 0 Å². The molecule has 0 atom stereocenters. The Morgan fingerprint density at radius 1 is 1.24 bits per heavy atom. The molecule has 0 unspecified atom stereocenters. The third-order valence-corrected chi connectivity index (χ3v) is 5.59. The van der Waals surface area contributed by atoms with E-state index in [9.17, 15) is 0 Å². The summed E-state index contributed by atoms with van der Waals surface area (Å²) in [7, 11) is 2.09. The van der Waals surface area contributed by atoms with Gasteiger partial charge in [-0.05, 0) is 34.1 Å². The molecule has 0 spiro atoms. The lowest BCUT2D eigenvalue weighted by Crippen LogP contribution is -2.18. The van der Waals surface area contributed by atoms with Crippen LogP contribution in [0.25, 0.3) is 10.9 Å². The van der Waals surface area contributed by atoms with Gasteiger partial charge in [0.2, 0.25) is 0 Å². The largest absolute Gasteiger partial charge is 0.354 e. The predicted molar refractivity (Wildman–Crippen MR) is 98.5 cm³/mol. The number of aromatic nitrogens is 1. The maximum atomic E-state index is 4.84. The Labute approximate surface area is 145 Å². The Morgan fingerprint density at radius 3 is 2.76 bits per heavy atom. The number of pyridine rings is 1. The average Bonchev–Trinajstić information content (AvgIpc) is 2.90. The van der Waals surface area contributed by atoms with Crippen molar-refractivity contribution in [2.45, 2.75) is 11.9 Å². The number of hydrogen-bond donors (Lipinski definition) is 0. The first-order valence-electron chi connectivity index (χ1n) is 6.56. The molecule has 0 saturated carbocycles. The number of hydrogen-bond acceptors (Lipinski definition) is 3. The van der Waals surface area contributed by atoms with Gasteiger partial charge >= 0.3 is 0 Å². The SMILES string of the molecule is CN(Cc1cc(Br)cs1)c1nc2ccccc2cc1CBr. The fourth-order valence-electron chi connectivity index (χ4n) is 2.32. The maximum absolute atomic E-state index is 4.84. The predicted octanol–water partition coefficient (Wildman–Crippen LogP) is 5.59. The van der Waals surface area contributed by atoms with Gasteiger partial charge in [0, 0.05) is 38.1 Å². The molecule has 0 bridgehead atoms. The van der Waals surface area contributed by atoms with Crippen molar-refractivity contribution in [2.75, 3.05) is 11.9 Å². The number of para-hydroxylation sites is 1. The summed E-state index contributed by atoms with van der Waals surface area (Å²) in [5, 5.41) is 4.10. The normalized spacial score (nSPS) is 11.0. The molecule has 2 nitrogen and oxygen atoms in total. The summed E-state index contributed by atoms with van der Waals surface area (Å²) in [6.45, 7) is 0.863. The Balaban J connectivity index is 1.97. The van der Waals surface area contributed by atoms with Crippen LogP contribution in [0.5, 0.6) is 0 Å². The number of alkyl halides is 1. The number of halogens is 2. The highest BCUT2D eigenvalue weighted by atomic mass is 79.9. The number of thiophene rings is 1. The highest BCUT2D eigenvalue weighted by Crippen LogP contribution is 2.27. The minimum absolute atomic E-state index is 0.804. The first-order valence-corrected chi connectivity index (χ1v) is 9.35. The van der Waals surface area contributed by atoms with E-state index in [1.165, 1.54) is 15.8 Å². The van der Waals surface area contributed by atoms with Crippen molar-refractivity contribution < 1.29 is 0 Å². The third kappa shape index (κ3) is 3.30. The Kier molecular flexibility index (Phi) is 4.62. The van der Waals surface area contributed by atoms with Crippen LogP contribution in [0.2, 0.25) is 0 Å². The van der Waals surface area contributed by atoms with Gasteiger partial charge in [-0.2, -0.15) is 0 Å². The van der Waals surface area contributed by atoms with Crippen LogP contribution in [0.3, 0.4) is 0 Å². The quantitative estimate of drug-likeness (QED) is 0.506. The van der Waals surface area contributed by atoms with Gasteiger partial charge in [-0.1, -0.05) is 34.1 Å². The molecule has 1 aromatic carbocycles. The zero-order chi connectivity index (χ0) is 14.8. The Bertz CT molecular complexity index is 770. The van der Waals surface area contributed by atoms with Crippen molar-refractivity contribution in [3.63, 3.8) is 0 Å². The molecule has 2 heterocycles. The zero-order valence-electron chi connectivity index (χ0n) is 11.5. The summed E-state index contributed by atoms with van der Waals surface area (Å²) in [4.78, 5) is 8.37. The van der Waals surface area contributed by atoms with Crippen LogP contribution in [0.1, 0.15) is 10.4 Å². The van der Waals surface area contributed by atoms with E-state index in [1.807, 2.05) is 6.07 Å². The molecule has 2 aromatic heterocycles. The van der Waals surface area contributed by atoms with Crippen LogP contribution >= 0.6 is 43.2 Å². The molecule has 0 amide bonds. The van der Waals surface area contributed by atoms with E-state index in [-0.39, 0.29) is 0 Å². The third-order valence-electron chi connectivity index (χ3n) is 3.30. The van der Waals surface area contributed by atoms with Crippen LogP contribution in [0, 0.1) is 0 Å². The van der Waals surface area contributed by atoms with Crippen LogP contribution in [-0.2, 0) is 11.9 Å². The molecule has 108 valence electrons. The number of rotatable bonds is 4. The van der Waals surface area contributed by atoms with Crippen molar-refractivity contribution in [1.82, 2.24) is 4.98 Å². The van der Waals surface area contributed by atoms with Crippen LogP contribution in [-0.4, -0.2) is 12.0 Å². The minimum Gasteiger partial charge on any atom is -0.354 e. The smallest absolute Gasteiger partial charge is 0.133 e. The summed E-state index contributed by atoms with van der Waals surface area (Å²) in [6, 6.07) is 12.6. The lowest BCUT2D eigenvalue weighted by molar-refractivity contribution is 0.909. The van der Waals surface area contributed by atoms with E-state index in [0.717, 1.165) is 27.7 Å². The van der Waals surface area contributed by atoms with Gasteiger partial charge in [-0.3, -0.25) is 0 Å². The molecule has 0 saturated heterocycles. The molecule has 3 rings (SSSR count). The van der Waals surface area contributed by atoms with Gasteiger partial charge in [0.05, 0.1) is 12.1 Å². The van der Waals surface area contributed by atoms with Crippen molar-refractivity contribution in [1.29, 1.82) is 0 Å². The van der Waals surface area contributed by atoms with Crippen molar-refractivity contribution >= 4 is 59.9 Å². The monoisotopic (exact) mass is 424 g/mol. The molecule has 21 heavy (non-hydrogen) atoms. The summed E-state index contributed by atoms with van der Waals surface area (Å²) in [5.41, 5.74) is 2.25. The Morgan fingerprint density at radius 2 is 2.05 bits per heavy atom. The average molecular weight is 426 g/mol. The van der Waals surface area contributed by atoms with Gasteiger partial charge in [-0.25, -0.2) is 4.98 Å². The fourth-order valence-corrected chi connectivity index (χ4v) is 4.24. The lowest BCUT2D eigenvalue weighted by atomic mass is 10.1. The van der Waals surface area contributed by atoms with Gasteiger partial charge in [-0.15, -0.1) is 11.3 Å². The molecule has 0 aliphatic carbocycles. The van der Waals surface area contributed by atoms with Gasteiger partial charge in [0.1, 0.15) is 5.82 Å². The second-order valence-corrected chi connectivity index (χ2v) is 7.36. The molecule has 0 fully saturated rings. The van der Waals surface area contributed by atoms with Gasteiger partial charge in [0.15, 0.2) is 0 Å². The zero-order valence-corrected chi connectivity index (χ0v) is 15.5. The van der Waals surface area contributed by atoms with Crippen molar-refractivity contribution in [3.8, 4) is 0 Å². The fraction of sp³-hybridized carbons (Fsp3) is 0.188. The van der Waals surface area contributed by atoms with E-state index in [2.05, 4.69) is 79.5 Å². The molecule has 0 radical (unpaired) electrons. The molecule has 0 aliphatic rings. The molecular weight excluding hydrogens is 412 g/mol. The van der Waals surface area contributed by atoms with Gasteiger partial charge < -0.3 is 4.90 Å². The first-order chi connectivity index (χ1) is 10.2. The first kappa shape index (κ1) is 15.0. The summed E-state index contributed by atoms with van der Waals surface area (Å²) < 4.78 is 1.14. The van der Waals surface area contributed by atoms with Crippen LogP contribution < -0.4 is 4.90 Å². The summed E-state index contributed by atoms with van der Waals surface area (Å²) >= 11 is 8.85. The molecule has 0 aliphatic heterocycles. The second-order valence-electron chi connectivity index (χ2n) is 4.88. The number of nitrogens with zero attached hydrogens (tertiary/aromatic N) is 2.